The minimum Gasteiger partial charge on any atom is -0.453 e. The van der Waals surface area contributed by atoms with Gasteiger partial charge in [-0.25, -0.2) is 4.79 Å². The summed E-state index contributed by atoms with van der Waals surface area (Å²) in [5, 5.41) is 3.16. The van der Waals surface area contributed by atoms with Gasteiger partial charge < -0.3 is 10.1 Å². The first kappa shape index (κ1) is 16.3. The summed E-state index contributed by atoms with van der Waals surface area (Å²) >= 11 is 0. The molecule has 0 heterocycles. The highest BCUT2D eigenvalue weighted by molar-refractivity contribution is 5.70. The van der Waals surface area contributed by atoms with Gasteiger partial charge in [0.1, 0.15) is 0 Å². The standard InChI is InChI=1S/C21H23NO2/c1-3-4-15-21(22-20(23)24-2)18-11-7-5-9-16(18)13-14-17-10-6-8-12-19(17)21/h3,5-12H,1,4,13-15H2,2H3,(H,22,23). The Bertz CT molecular complexity index is 704. The van der Waals surface area contributed by atoms with Crippen molar-refractivity contribution in [3.63, 3.8) is 0 Å². The lowest BCUT2D eigenvalue weighted by Gasteiger charge is -2.36. The monoisotopic (exact) mass is 321 g/mol. The number of fused-ring (bicyclic) bond motifs is 2. The molecule has 24 heavy (non-hydrogen) atoms. The summed E-state index contributed by atoms with van der Waals surface area (Å²) in [7, 11) is 1.41. The minimum atomic E-state index is -0.592. The predicted octanol–water partition coefficient (Wildman–Crippen LogP) is 4.35. The van der Waals surface area contributed by atoms with Crippen molar-refractivity contribution in [2.45, 2.75) is 31.2 Å². The van der Waals surface area contributed by atoms with Crippen LogP contribution in [0.15, 0.2) is 61.2 Å². The van der Waals surface area contributed by atoms with Gasteiger partial charge in [0.2, 0.25) is 0 Å². The van der Waals surface area contributed by atoms with E-state index >= 15 is 0 Å². The summed E-state index contributed by atoms with van der Waals surface area (Å²) < 4.78 is 4.95. The first-order valence-electron chi connectivity index (χ1n) is 8.35. The van der Waals surface area contributed by atoms with Crippen LogP contribution in [0.2, 0.25) is 0 Å². The molecule has 1 N–H and O–H groups in total. The molecule has 3 heteroatoms. The molecule has 3 rings (SSSR count). The molecular weight excluding hydrogens is 298 g/mol. The van der Waals surface area contributed by atoms with Crippen molar-refractivity contribution in [3.8, 4) is 0 Å². The molecule has 1 aliphatic carbocycles. The number of aryl methyl sites for hydroxylation is 2. The van der Waals surface area contributed by atoms with E-state index in [2.05, 4.69) is 48.3 Å². The van der Waals surface area contributed by atoms with Gasteiger partial charge in [-0.2, -0.15) is 0 Å². The Kier molecular flexibility index (Phi) is 4.70. The molecule has 0 radical (unpaired) electrons. The lowest BCUT2D eigenvalue weighted by molar-refractivity contribution is 0.158. The van der Waals surface area contributed by atoms with Crippen LogP contribution in [0.3, 0.4) is 0 Å². The van der Waals surface area contributed by atoms with Crippen molar-refractivity contribution in [2.75, 3.05) is 7.11 Å². The van der Waals surface area contributed by atoms with E-state index in [0.29, 0.717) is 0 Å². The summed E-state index contributed by atoms with van der Waals surface area (Å²) in [5.41, 5.74) is 4.26. The number of nitrogens with one attached hydrogen (secondary N) is 1. The second-order valence-electron chi connectivity index (χ2n) is 6.16. The van der Waals surface area contributed by atoms with Gasteiger partial charge in [-0.1, -0.05) is 54.6 Å². The Morgan fingerprint density at radius 3 is 2.17 bits per heavy atom. The zero-order valence-electron chi connectivity index (χ0n) is 14.0. The molecule has 0 aromatic heterocycles. The van der Waals surface area contributed by atoms with E-state index in [1.54, 1.807) is 0 Å². The van der Waals surface area contributed by atoms with Crippen LogP contribution < -0.4 is 5.32 Å². The average Bonchev–Trinajstić information content (AvgIpc) is 2.76. The molecule has 0 bridgehead atoms. The molecule has 2 aromatic carbocycles. The molecule has 0 unspecified atom stereocenters. The molecule has 0 saturated carbocycles. The van der Waals surface area contributed by atoms with E-state index in [1.165, 1.54) is 18.2 Å². The fourth-order valence-electron chi connectivity index (χ4n) is 3.73. The Balaban J connectivity index is 2.26. The molecule has 0 fully saturated rings. The van der Waals surface area contributed by atoms with Gasteiger partial charge in [0.25, 0.3) is 0 Å². The van der Waals surface area contributed by atoms with Crippen molar-refractivity contribution in [1.82, 2.24) is 5.32 Å². The number of methoxy groups -OCH3 is 1. The van der Waals surface area contributed by atoms with Crippen molar-refractivity contribution < 1.29 is 9.53 Å². The van der Waals surface area contributed by atoms with E-state index in [0.717, 1.165) is 36.8 Å². The van der Waals surface area contributed by atoms with Crippen LogP contribution >= 0.6 is 0 Å². The first-order chi connectivity index (χ1) is 11.7. The third-order valence-electron chi connectivity index (χ3n) is 4.84. The second kappa shape index (κ2) is 6.91. The van der Waals surface area contributed by atoms with Crippen LogP contribution in [-0.2, 0) is 23.1 Å². The van der Waals surface area contributed by atoms with Crippen molar-refractivity contribution in [2.24, 2.45) is 0 Å². The fourth-order valence-corrected chi connectivity index (χ4v) is 3.73. The quantitative estimate of drug-likeness (QED) is 0.850. The fraction of sp³-hybridized carbons (Fsp3) is 0.286. The van der Waals surface area contributed by atoms with Crippen LogP contribution in [0, 0.1) is 0 Å². The topological polar surface area (TPSA) is 38.3 Å². The maximum absolute atomic E-state index is 12.2. The number of allylic oxidation sites excluding steroid dienone is 1. The maximum atomic E-state index is 12.2. The smallest absolute Gasteiger partial charge is 0.407 e. The number of rotatable bonds is 4. The molecular formula is C21H23NO2. The Labute approximate surface area is 143 Å². The Hall–Kier alpha value is -2.55. The van der Waals surface area contributed by atoms with E-state index in [1.807, 2.05) is 18.2 Å². The molecule has 2 aromatic rings. The van der Waals surface area contributed by atoms with E-state index < -0.39 is 11.6 Å². The number of hydrogen-bond acceptors (Lipinski definition) is 2. The molecule has 0 atom stereocenters. The van der Waals surface area contributed by atoms with Gasteiger partial charge in [-0.05, 0) is 47.9 Å². The summed E-state index contributed by atoms with van der Waals surface area (Å²) in [6.45, 7) is 3.87. The SMILES string of the molecule is C=CCCC1(NC(=O)OC)c2ccccc2CCc2ccccc21. The third-order valence-corrected chi connectivity index (χ3v) is 4.84. The zero-order valence-corrected chi connectivity index (χ0v) is 14.0. The van der Waals surface area contributed by atoms with E-state index in [-0.39, 0.29) is 0 Å². The lowest BCUT2D eigenvalue weighted by atomic mass is 9.77. The van der Waals surface area contributed by atoms with Crippen LogP contribution in [0.1, 0.15) is 35.1 Å². The number of carbonyl (C=O) groups is 1. The normalized spacial score (nSPS) is 14.7. The predicted molar refractivity (Wildman–Crippen MR) is 96.0 cm³/mol. The zero-order chi connectivity index (χ0) is 17.0. The molecule has 1 aliphatic rings. The van der Waals surface area contributed by atoms with Gasteiger partial charge in [-0.15, -0.1) is 6.58 Å². The molecule has 124 valence electrons. The highest BCUT2D eigenvalue weighted by Crippen LogP contribution is 2.41. The van der Waals surface area contributed by atoms with Crippen molar-refractivity contribution >= 4 is 6.09 Å². The molecule has 1 amide bonds. The number of amides is 1. The first-order valence-corrected chi connectivity index (χ1v) is 8.35. The molecule has 0 saturated heterocycles. The average molecular weight is 321 g/mol. The van der Waals surface area contributed by atoms with Crippen LogP contribution in [-0.4, -0.2) is 13.2 Å². The van der Waals surface area contributed by atoms with Crippen LogP contribution in [0.4, 0.5) is 4.79 Å². The lowest BCUT2D eigenvalue weighted by Crippen LogP contribution is -2.47. The summed E-state index contributed by atoms with van der Waals surface area (Å²) in [4.78, 5) is 12.2. The largest absolute Gasteiger partial charge is 0.453 e. The number of benzene rings is 2. The number of ether oxygens (including phenoxy) is 1. The Morgan fingerprint density at radius 1 is 1.12 bits per heavy atom. The summed E-state index contributed by atoms with van der Waals surface area (Å²) in [6.07, 6.45) is 4.96. The maximum Gasteiger partial charge on any atom is 0.407 e. The van der Waals surface area contributed by atoms with Gasteiger partial charge in [0.05, 0.1) is 12.6 Å². The van der Waals surface area contributed by atoms with Crippen LogP contribution in [0.5, 0.6) is 0 Å². The molecule has 0 spiro atoms. The number of carbonyl (C=O) groups excluding carboxylic acids is 1. The highest BCUT2D eigenvalue weighted by Gasteiger charge is 2.40. The summed E-state index contributed by atoms with van der Waals surface area (Å²) in [5.74, 6) is 0. The van der Waals surface area contributed by atoms with Crippen LogP contribution in [0.25, 0.3) is 0 Å². The van der Waals surface area contributed by atoms with E-state index in [9.17, 15) is 4.79 Å². The molecule has 3 nitrogen and oxygen atoms in total. The Morgan fingerprint density at radius 2 is 1.67 bits per heavy atom. The number of hydrogen-bond donors (Lipinski definition) is 1. The summed E-state index contributed by atoms with van der Waals surface area (Å²) in [6, 6.07) is 16.7. The number of alkyl carbamates (subject to hydrolysis) is 1. The minimum absolute atomic E-state index is 0.412. The third kappa shape index (κ3) is 2.82. The molecule has 0 aliphatic heterocycles. The van der Waals surface area contributed by atoms with Crippen molar-refractivity contribution in [1.29, 1.82) is 0 Å². The van der Waals surface area contributed by atoms with Gasteiger partial charge in [0.15, 0.2) is 0 Å². The van der Waals surface area contributed by atoms with Gasteiger partial charge >= 0.3 is 6.09 Å². The van der Waals surface area contributed by atoms with Gasteiger partial charge in [0, 0.05) is 0 Å². The second-order valence-corrected chi connectivity index (χ2v) is 6.16. The van der Waals surface area contributed by atoms with Crippen molar-refractivity contribution in [3.05, 3.63) is 83.4 Å². The van der Waals surface area contributed by atoms with Gasteiger partial charge in [-0.3, -0.25) is 0 Å². The highest BCUT2D eigenvalue weighted by atomic mass is 16.5. The van der Waals surface area contributed by atoms with E-state index in [4.69, 9.17) is 4.74 Å².